The zero-order chi connectivity index (χ0) is 19.7. The first-order chi connectivity index (χ1) is 12.4. The van der Waals surface area contributed by atoms with Gasteiger partial charge in [-0.25, -0.2) is 13.1 Å². The van der Waals surface area contributed by atoms with E-state index < -0.39 is 14.8 Å². The molecule has 3 nitrogen and oxygen atoms in total. The molecule has 4 bridgehead atoms. The van der Waals surface area contributed by atoms with E-state index in [9.17, 15) is 8.42 Å². The van der Waals surface area contributed by atoms with Gasteiger partial charge in [0.2, 0.25) is 10.0 Å². The van der Waals surface area contributed by atoms with Crippen molar-refractivity contribution in [3.05, 3.63) is 35.9 Å². The van der Waals surface area contributed by atoms with Crippen LogP contribution in [-0.4, -0.2) is 14.0 Å². The Labute approximate surface area is 165 Å². The third-order valence-electron chi connectivity index (χ3n) is 7.76. The Morgan fingerprint density at radius 2 is 1.48 bits per heavy atom. The monoisotopic (exact) mass is 389 g/mol. The van der Waals surface area contributed by atoms with Gasteiger partial charge in [0.15, 0.2) is 0 Å². The van der Waals surface area contributed by atoms with Gasteiger partial charge in [0, 0.05) is 5.54 Å². The number of hydrogen-bond donors (Lipinski definition) is 1. The molecule has 2 unspecified atom stereocenters. The van der Waals surface area contributed by atoms with Crippen LogP contribution in [0.2, 0.25) is 0 Å². The van der Waals surface area contributed by atoms with E-state index in [1.807, 2.05) is 44.2 Å². The summed E-state index contributed by atoms with van der Waals surface area (Å²) < 4.78 is 29.4. The second-order valence-corrected chi connectivity index (χ2v) is 13.4. The summed E-state index contributed by atoms with van der Waals surface area (Å²) in [5, 5.41) is 0. The Hall–Kier alpha value is -0.870. The van der Waals surface area contributed by atoms with Crippen molar-refractivity contribution in [1.82, 2.24) is 4.72 Å². The lowest BCUT2D eigenvalue weighted by Gasteiger charge is -2.63. The lowest BCUT2D eigenvalue weighted by atomic mass is 9.45. The molecule has 4 heteroatoms. The summed E-state index contributed by atoms with van der Waals surface area (Å²) in [6.07, 6.45) is 5.66. The van der Waals surface area contributed by atoms with Crippen LogP contribution in [0.4, 0.5) is 0 Å². The van der Waals surface area contributed by atoms with Crippen LogP contribution >= 0.6 is 0 Å². The van der Waals surface area contributed by atoms with E-state index >= 15 is 0 Å². The molecule has 0 spiro atoms. The Morgan fingerprint density at radius 1 is 0.926 bits per heavy atom. The standard InChI is InChI=1S/C23H35NO2S/c1-21(2,3)20-17-11-16-12-18(20)15-23(13-16,14-17)24-27(25,26)22(4,5)19-9-7-6-8-10-19/h6-10,16-18,20,24H,11-15H2,1-5H3. The van der Waals surface area contributed by atoms with Gasteiger partial charge < -0.3 is 0 Å². The van der Waals surface area contributed by atoms with E-state index in [0.29, 0.717) is 23.2 Å². The van der Waals surface area contributed by atoms with E-state index in [1.54, 1.807) is 0 Å². The quantitative estimate of drug-likeness (QED) is 0.780. The smallest absolute Gasteiger partial charge is 0.211 e. The highest BCUT2D eigenvalue weighted by Crippen LogP contribution is 2.62. The van der Waals surface area contributed by atoms with Crippen molar-refractivity contribution in [3.8, 4) is 0 Å². The molecule has 0 heterocycles. The van der Waals surface area contributed by atoms with E-state index in [-0.39, 0.29) is 5.54 Å². The van der Waals surface area contributed by atoms with Gasteiger partial charge in [-0.1, -0.05) is 51.1 Å². The lowest BCUT2D eigenvalue weighted by Crippen LogP contribution is -2.65. The first-order valence-corrected chi connectivity index (χ1v) is 12.0. The van der Waals surface area contributed by atoms with Crippen LogP contribution in [0, 0.1) is 29.1 Å². The number of rotatable bonds is 4. The van der Waals surface area contributed by atoms with Crippen LogP contribution in [0.25, 0.3) is 0 Å². The Bertz CT molecular complexity index is 791. The summed E-state index contributed by atoms with van der Waals surface area (Å²) in [6.45, 7) is 10.8. The fraction of sp³-hybridized carbons (Fsp3) is 0.739. The minimum absolute atomic E-state index is 0.219. The molecule has 27 heavy (non-hydrogen) atoms. The number of benzene rings is 1. The van der Waals surface area contributed by atoms with Crippen molar-refractivity contribution in [1.29, 1.82) is 0 Å². The largest absolute Gasteiger partial charge is 0.221 e. The van der Waals surface area contributed by atoms with Crippen LogP contribution < -0.4 is 4.72 Å². The Balaban J connectivity index is 1.62. The van der Waals surface area contributed by atoms with Crippen molar-refractivity contribution < 1.29 is 8.42 Å². The predicted molar refractivity (Wildman–Crippen MR) is 111 cm³/mol. The Kier molecular flexibility index (Phi) is 4.37. The van der Waals surface area contributed by atoms with Gasteiger partial charge in [-0.15, -0.1) is 0 Å². The summed E-state index contributed by atoms with van der Waals surface area (Å²) in [5.74, 6) is 2.76. The van der Waals surface area contributed by atoms with Gasteiger partial charge in [-0.2, -0.15) is 0 Å². The highest BCUT2D eigenvalue weighted by Gasteiger charge is 2.59. The number of hydrogen-bond acceptors (Lipinski definition) is 2. The highest BCUT2D eigenvalue weighted by molar-refractivity contribution is 7.90. The molecule has 4 aliphatic carbocycles. The average molecular weight is 390 g/mol. The van der Waals surface area contributed by atoms with Crippen molar-refractivity contribution in [2.24, 2.45) is 29.1 Å². The van der Waals surface area contributed by atoms with Crippen molar-refractivity contribution in [2.75, 3.05) is 0 Å². The predicted octanol–water partition coefficient (Wildman–Crippen LogP) is 5.08. The minimum atomic E-state index is -3.48. The molecule has 0 aliphatic heterocycles. The molecule has 0 radical (unpaired) electrons. The molecule has 5 rings (SSSR count). The molecule has 0 saturated heterocycles. The number of sulfonamides is 1. The third kappa shape index (κ3) is 3.17. The molecule has 150 valence electrons. The summed E-state index contributed by atoms with van der Waals surface area (Å²) >= 11 is 0. The fourth-order valence-electron chi connectivity index (χ4n) is 6.97. The average Bonchev–Trinajstić information content (AvgIpc) is 2.52. The van der Waals surface area contributed by atoms with Crippen LogP contribution in [-0.2, 0) is 14.8 Å². The lowest BCUT2D eigenvalue weighted by molar-refractivity contribution is -0.0971. The van der Waals surface area contributed by atoms with E-state index in [0.717, 1.165) is 30.7 Å². The van der Waals surface area contributed by atoms with Gasteiger partial charge >= 0.3 is 0 Å². The van der Waals surface area contributed by atoms with Crippen LogP contribution in [0.1, 0.15) is 72.3 Å². The zero-order valence-electron chi connectivity index (χ0n) is 17.5. The van der Waals surface area contributed by atoms with E-state index in [2.05, 4.69) is 25.5 Å². The maximum atomic E-state index is 13.5. The van der Waals surface area contributed by atoms with Crippen LogP contribution in [0.15, 0.2) is 30.3 Å². The van der Waals surface area contributed by atoms with Crippen molar-refractivity contribution in [2.45, 2.75) is 77.0 Å². The topological polar surface area (TPSA) is 46.2 Å². The fourth-order valence-corrected chi connectivity index (χ4v) is 8.49. The van der Waals surface area contributed by atoms with Crippen LogP contribution in [0.3, 0.4) is 0 Å². The molecular formula is C23H35NO2S. The molecule has 4 fully saturated rings. The maximum absolute atomic E-state index is 13.5. The van der Waals surface area contributed by atoms with Gasteiger partial charge in [-0.05, 0) is 80.6 Å². The minimum Gasteiger partial charge on any atom is -0.211 e. The van der Waals surface area contributed by atoms with Gasteiger partial charge in [-0.3, -0.25) is 0 Å². The zero-order valence-corrected chi connectivity index (χ0v) is 18.3. The second kappa shape index (κ2) is 6.06. The maximum Gasteiger partial charge on any atom is 0.221 e. The molecule has 0 amide bonds. The van der Waals surface area contributed by atoms with E-state index in [4.69, 9.17) is 0 Å². The van der Waals surface area contributed by atoms with Gasteiger partial charge in [0.05, 0.1) is 0 Å². The summed E-state index contributed by atoms with van der Waals surface area (Å²) in [6, 6.07) is 9.63. The molecule has 4 aliphatic rings. The van der Waals surface area contributed by atoms with E-state index in [1.165, 1.54) is 12.8 Å². The summed E-state index contributed by atoms with van der Waals surface area (Å²) in [4.78, 5) is 0. The first kappa shape index (κ1) is 19.4. The molecule has 0 aromatic heterocycles. The Morgan fingerprint density at radius 3 is 2.00 bits per heavy atom. The molecule has 2 atom stereocenters. The number of nitrogens with one attached hydrogen (secondary N) is 1. The first-order valence-electron chi connectivity index (χ1n) is 10.5. The van der Waals surface area contributed by atoms with Gasteiger partial charge in [0.25, 0.3) is 0 Å². The summed E-state index contributed by atoms with van der Waals surface area (Å²) in [7, 11) is -3.48. The van der Waals surface area contributed by atoms with Crippen LogP contribution in [0.5, 0.6) is 0 Å². The molecule has 4 saturated carbocycles. The molecule has 1 aromatic carbocycles. The van der Waals surface area contributed by atoms with Crippen molar-refractivity contribution in [3.63, 3.8) is 0 Å². The second-order valence-electron chi connectivity index (χ2n) is 11.1. The molecular weight excluding hydrogens is 354 g/mol. The molecule has 1 N–H and O–H groups in total. The third-order valence-corrected chi connectivity index (χ3v) is 10.0. The summed E-state index contributed by atoms with van der Waals surface area (Å²) in [5.41, 5.74) is 0.949. The SMILES string of the molecule is CC(C)(C)C1C2CC3CC1CC(NS(=O)(=O)C(C)(C)c1ccccc1)(C3)C2. The van der Waals surface area contributed by atoms with Crippen molar-refractivity contribution >= 4 is 10.0 Å². The highest BCUT2D eigenvalue weighted by atomic mass is 32.2. The normalized spacial score (nSPS) is 36.2. The van der Waals surface area contributed by atoms with Gasteiger partial charge in [0.1, 0.15) is 4.75 Å². The molecule has 1 aromatic rings.